The van der Waals surface area contributed by atoms with Crippen LogP contribution in [0.2, 0.25) is 0 Å². The molecule has 4 rings (SSSR count). The first-order valence-electron chi connectivity index (χ1n) is 9.22. The molecule has 8 nitrogen and oxygen atoms in total. The second kappa shape index (κ2) is 8.04. The summed E-state index contributed by atoms with van der Waals surface area (Å²) in [5.41, 5.74) is 1.18. The normalized spacial score (nSPS) is 10.7. The number of anilines is 2. The van der Waals surface area contributed by atoms with E-state index in [1.165, 1.54) is 16.9 Å². The Kier molecular flexibility index (Phi) is 5.13. The Balaban J connectivity index is 1.61. The third-order valence-corrected chi connectivity index (χ3v) is 4.51. The standard InChI is InChI=1S/C22H18N4O4/c1-14-23-18-10-9-16(25-21(28)19-8-5-11-30-19)12-17(18)22(29)26(14)13-20(27)24-15-6-3-2-4-7-15/h2-12H,13H2,1H3,(H,24,27)(H,25,28). The Hall–Kier alpha value is -4.20. The minimum atomic E-state index is -0.429. The quantitative estimate of drug-likeness (QED) is 0.533. The Bertz CT molecular complexity index is 1280. The molecule has 0 aliphatic carbocycles. The van der Waals surface area contributed by atoms with Crippen molar-refractivity contribution in [1.29, 1.82) is 0 Å². The van der Waals surface area contributed by atoms with E-state index in [-0.39, 0.29) is 23.8 Å². The van der Waals surface area contributed by atoms with E-state index in [1.54, 1.807) is 43.3 Å². The monoisotopic (exact) mass is 402 g/mol. The van der Waals surface area contributed by atoms with Crippen molar-refractivity contribution in [3.8, 4) is 0 Å². The van der Waals surface area contributed by atoms with Gasteiger partial charge in [0.05, 0.1) is 17.2 Å². The van der Waals surface area contributed by atoms with E-state index in [1.807, 2.05) is 18.2 Å². The lowest BCUT2D eigenvalue weighted by molar-refractivity contribution is -0.116. The number of hydrogen-bond donors (Lipinski definition) is 2. The third kappa shape index (κ3) is 3.97. The molecule has 2 heterocycles. The molecule has 2 amide bonds. The van der Waals surface area contributed by atoms with Gasteiger partial charge in [-0.3, -0.25) is 19.0 Å². The van der Waals surface area contributed by atoms with Crippen LogP contribution >= 0.6 is 0 Å². The number of nitrogens with zero attached hydrogens (tertiary/aromatic N) is 2. The van der Waals surface area contributed by atoms with Gasteiger partial charge in [0.15, 0.2) is 5.76 Å². The fraction of sp³-hybridized carbons (Fsp3) is 0.0909. The highest BCUT2D eigenvalue weighted by molar-refractivity contribution is 6.03. The predicted molar refractivity (Wildman–Crippen MR) is 112 cm³/mol. The second-order valence-corrected chi connectivity index (χ2v) is 6.63. The first-order valence-corrected chi connectivity index (χ1v) is 9.22. The summed E-state index contributed by atoms with van der Waals surface area (Å²) in [6, 6.07) is 17.0. The Morgan fingerprint density at radius 1 is 1.00 bits per heavy atom. The summed E-state index contributed by atoms with van der Waals surface area (Å²) in [6.45, 7) is 1.49. The SMILES string of the molecule is Cc1nc2ccc(NC(=O)c3ccco3)cc2c(=O)n1CC(=O)Nc1ccccc1. The van der Waals surface area contributed by atoms with Gasteiger partial charge < -0.3 is 15.1 Å². The highest BCUT2D eigenvalue weighted by Crippen LogP contribution is 2.17. The van der Waals surface area contributed by atoms with Crippen LogP contribution in [-0.2, 0) is 11.3 Å². The third-order valence-electron chi connectivity index (χ3n) is 4.51. The number of carbonyl (C=O) groups is 2. The van der Waals surface area contributed by atoms with Gasteiger partial charge in [-0.1, -0.05) is 18.2 Å². The number of benzene rings is 2. The molecule has 2 aromatic heterocycles. The van der Waals surface area contributed by atoms with Crippen LogP contribution in [0.15, 0.2) is 76.1 Å². The smallest absolute Gasteiger partial charge is 0.291 e. The van der Waals surface area contributed by atoms with Crippen molar-refractivity contribution in [2.24, 2.45) is 0 Å². The number of amides is 2. The van der Waals surface area contributed by atoms with E-state index in [9.17, 15) is 14.4 Å². The molecule has 0 spiro atoms. The van der Waals surface area contributed by atoms with Crippen LogP contribution in [0.5, 0.6) is 0 Å². The van der Waals surface area contributed by atoms with E-state index in [4.69, 9.17) is 4.42 Å². The zero-order chi connectivity index (χ0) is 21.1. The van der Waals surface area contributed by atoms with Crippen LogP contribution in [0.3, 0.4) is 0 Å². The van der Waals surface area contributed by atoms with E-state index < -0.39 is 5.91 Å². The van der Waals surface area contributed by atoms with Crippen LogP contribution in [0.25, 0.3) is 10.9 Å². The van der Waals surface area contributed by atoms with E-state index in [2.05, 4.69) is 15.6 Å². The molecule has 0 atom stereocenters. The first-order chi connectivity index (χ1) is 14.5. The molecule has 150 valence electrons. The summed E-state index contributed by atoms with van der Waals surface area (Å²) in [7, 11) is 0. The number of furan rings is 1. The minimum absolute atomic E-state index is 0.159. The molecule has 0 aliphatic rings. The molecular weight excluding hydrogens is 384 g/mol. The van der Waals surface area contributed by atoms with Crippen molar-refractivity contribution in [3.63, 3.8) is 0 Å². The molecule has 2 aromatic carbocycles. The average molecular weight is 402 g/mol. The van der Waals surface area contributed by atoms with Gasteiger partial charge in [-0.25, -0.2) is 4.98 Å². The average Bonchev–Trinajstić information content (AvgIpc) is 3.27. The molecule has 2 N–H and O–H groups in total. The van der Waals surface area contributed by atoms with Crippen molar-refractivity contribution >= 4 is 34.1 Å². The first kappa shape index (κ1) is 19.1. The highest BCUT2D eigenvalue weighted by atomic mass is 16.3. The van der Waals surface area contributed by atoms with Crippen molar-refractivity contribution in [3.05, 3.63) is 88.9 Å². The van der Waals surface area contributed by atoms with Crippen molar-refractivity contribution in [2.75, 3.05) is 10.6 Å². The lowest BCUT2D eigenvalue weighted by Crippen LogP contribution is -2.30. The van der Waals surface area contributed by atoms with Crippen LogP contribution in [0.1, 0.15) is 16.4 Å². The lowest BCUT2D eigenvalue weighted by Gasteiger charge is -2.12. The molecule has 0 bridgehead atoms. The molecule has 0 fully saturated rings. The number of nitrogens with one attached hydrogen (secondary N) is 2. The topological polar surface area (TPSA) is 106 Å². The van der Waals surface area contributed by atoms with E-state index in [0.29, 0.717) is 28.1 Å². The zero-order valence-corrected chi connectivity index (χ0v) is 16.1. The molecule has 0 aliphatic heterocycles. The number of aryl methyl sites for hydroxylation is 1. The van der Waals surface area contributed by atoms with E-state index in [0.717, 1.165) is 0 Å². The summed E-state index contributed by atoms with van der Waals surface area (Å²) < 4.78 is 6.38. The van der Waals surface area contributed by atoms with Gasteiger partial charge in [0.1, 0.15) is 12.4 Å². The molecule has 4 aromatic rings. The van der Waals surface area contributed by atoms with Gasteiger partial charge in [0, 0.05) is 11.4 Å². The number of fused-ring (bicyclic) bond motifs is 1. The largest absolute Gasteiger partial charge is 0.459 e. The maximum atomic E-state index is 13.0. The number of aromatic nitrogens is 2. The van der Waals surface area contributed by atoms with Crippen LogP contribution in [-0.4, -0.2) is 21.4 Å². The Morgan fingerprint density at radius 2 is 1.80 bits per heavy atom. The van der Waals surface area contributed by atoms with Gasteiger partial charge in [-0.05, 0) is 49.4 Å². The Labute approximate surface area is 171 Å². The number of carbonyl (C=O) groups excluding carboxylic acids is 2. The number of para-hydroxylation sites is 1. The summed E-state index contributed by atoms with van der Waals surface area (Å²) in [6.07, 6.45) is 1.40. The summed E-state index contributed by atoms with van der Waals surface area (Å²) in [5.74, 6) is -0.188. The maximum Gasteiger partial charge on any atom is 0.291 e. The molecule has 0 unspecified atom stereocenters. The summed E-state index contributed by atoms with van der Waals surface area (Å²) in [4.78, 5) is 42.0. The van der Waals surface area contributed by atoms with Crippen molar-refractivity contribution < 1.29 is 14.0 Å². The second-order valence-electron chi connectivity index (χ2n) is 6.63. The predicted octanol–water partition coefficient (Wildman–Crippen LogP) is 3.19. The fourth-order valence-corrected chi connectivity index (χ4v) is 3.06. The summed E-state index contributed by atoms with van der Waals surface area (Å²) >= 11 is 0. The zero-order valence-electron chi connectivity index (χ0n) is 16.1. The van der Waals surface area contributed by atoms with Gasteiger partial charge >= 0.3 is 0 Å². The molecule has 30 heavy (non-hydrogen) atoms. The van der Waals surface area contributed by atoms with E-state index >= 15 is 0 Å². The molecular formula is C22H18N4O4. The number of rotatable bonds is 5. The molecule has 8 heteroatoms. The van der Waals surface area contributed by atoms with Gasteiger partial charge in [0.2, 0.25) is 5.91 Å². The summed E-state index contributed by atoms with van der Waals surface area (Å²) in [5, 5.41) is 5.73. The van der Waals surface area contributed by atoms with Gasteiger partial charge in [-0.2, -0.15) is 0 Å². The van der Waals surface area contributed by atoms with Crippen LogP contribution in [0.4, 0.5) is 11.4 Å². The molecule has 0 radical (unpaired) electrons. The maximum absolute atomic E-state index is 13.0. The van der Waals surface area contributed by atoms with Gasteiger partial charge in [-0.15, -0.1) is 0 Å². The van der Waals surface area contributed by atoms with Crippen molar-refractivity contribution in [1.82, 2.24) is 9.55 Å². The van der Waals surface area contributed by atoms with Crippen LogP contribution < -0.4 is 16.2 Å². The highest BCUT2D eigenvalue weighted by Gasteiger charge is 2.14. The molecule has 0 saturated carbocycles. The van der Waals surface area contributed by atoms with Crippen LogP contribution in [0, 0.1) is 6.92 Å². The number of hydrogen-bond acceptors (Lipinski definition) is 5. The van der Waals surface area contributed by atoms with Gasteiger partial charge in [0.25, 0.3) is 11.5 Å². The molecule has 0 saturated heterocycles. The van der Waals surface area contributed by atoms with Crippen molar-refractivity contribution in [2.45, 2.75) is 13.5 Å². The minimum Gasteiger partial charge on any atom is -0.459 e. The lowest BCUT2D eigenvalue weighted by atomic mass is 10.2. The Morgan fingerprint density at radius 3 is 2.53 bits per heavy atom. The fourth-order valence-electron chi connectivity index (χ4n) is 3.06.